The van der Waals surface area contributed by atoms with Crippen molar-refractivity contribution in [1.82, 2.24) is 0 Å². The smallest absolute Gasteiger partial charge is 0.182 e. The Kier molecular flexibility index (Phi) is 3.28. The Morgan fingerprint density at radius 1 is 1.00 bits per heavy atom. The molecule has 0 aromatic heterocycles. The van der Waals surface area contributed by atoms with E-state index in [1.807, 2.05) is 6.92 Å². The van der Waals surface area contributed by atoms with Crippen molar-refractivity contribution in [1.29, 1.82) is 0 Å². The Balaban J connectivity index is 2.35. The molecule has 0 spiro atoms. The van der Waals surface area contributed by atoms with Crippen LogP contribution in [0.4, 0.5) is 0 Å². The number of benzene rings is 1. The third-order valence-electron chi connectivity index (χ3n) is 3.33. The first-order valence-corrected chi connectivity index (χ1v) is 6.01. The Morgan fingerprint density at radius 2 is 1.72 bits per heavy atom. The zero-order valence-electron chi connectivity index (χ0n) is 10.9. The molecule has 0 saturated carbocycles. The lowest BCUT2D eigenvalue weighted by Gasteiger charge is -2.12. The van der Waals surface area contributed by atoms with Crippen LogP contribution in [-0.4, -0.2) is 11.6 Å². The molecular weight excluding hydrogens is 224 g/mol. The fourth-order valence-corrected chi connectivity index (χ4v) is 2.21. The second-order valence-corrected chi connectivity index (χ2v) is 4.81. The standard InChI is InChI=1S/C16H16O2/c1-10-6-11(2)12(3)13(7-10)8-14-9-15(17)4-5-16(14)18/h4-7,9H,8H2,1-3H3. The van der Waals surface area contributed by atoms with Crippen LogP contribution in [0.3, 0.4) is 0 Å². The van der Waals surface area contributed by atoms with Gasteiger partial charge in [0.1, 0.15) is 0 Å². The molecule has 0 aliphatic heterocycles. The minimum atomic E-state index is -0.105. The number of hydrogen-bond donors (Lipinski definition) is 0. The van der Waals surface area contributed by atoms with Crippen LogP contribution in [0.2, 0.25) is 0 Å². The molecule has 0 heterocycles. The lowest BCUT2D eigenvalue weighted by atomic mass is 9.91. The first-order valence-electron chi connectivity index (χ1n) is 6.01. The topological polar surface area (TPSA) is 34.1 Å². The van der Waals surface area contributed by atoms with Crippen LogP contribution < -0.4 is 0 Å². The van der Waals surface area contributed by atoms with Gasteiger partial charge in [0.15, 0.2) is 11.6 Å². The van der Waals surface area contributed by atoms with Gasteiger partial charge in [-0.05, 0) is 55.7 Å². The van der Waals surface area contributed by atoms with Gasteiger partial charge in [-0.3, -0.25) is 9.59 Å². The number of aryl methyl sites for hydroxylation is 2. The molecule has 0 bridgehead atoms. The van der Waals surface area contributed by atoms with Crippen molar-refractivity contribution in [2.24, 2.45) is 0 Å². The van der Waals surface area contributed by atoms with Gasteiger partial charge in [0.2, 0.25) is 0 Å². The van der Waals surface area contributed by atoms with Crippen molar-refractivity contribution in [3.05, 3.63) is 58.2 Å². The molecule has 0 amide bonds. The van der Waals surface area contributed by atoms with E-state index < -0.39 is 0 Å². The molecule has 0 atom stereocenters. The Labute approximate surface area is 107 Å². The summed E-state index contributed by atoms with van der Waals surface area (Å²) in [5.41, 5.74) is 5.29. The average Bonchev–Trinajstić information content (AvgIpc) is 2.30. The summed E-state index contributed by atoms with van der Waals surface area (Å²) in [5.74, 6) is -0.167. The quantitative estimate of drug-likeness (QED) is 0.745. The van der Waals surface area contributed by atoms with Crippen molar-refractivity contribution in [2.45, 2.75) is 27.2 Å². The van der Waals surface area contributed by atoms with Crippen LogP contribution in [0, 0.1) is 20.8 Å². The molecule has 0 fully saturated rings. The zero-order chi connectivity index (χ0) is 13.3. The fraction of sp³-hybridized carbons (Fsp3) is 0.250. The van der Waals surface area contributed by atoms with Gasteiger partial charge in [0, 0.05) is 12.0 Å². The van der Waals surface area contributed by atoms with E-state index in [4.69, 9.17) is 0 Å². The van der Waals surface area contributed by atoms with Crippen molar-refractivity contribution in [2.75, 3.05) is 0 Å². The molecule has 1 aromatic carbocycles. The highest BCUT2D eigenvalue weighted by atomic mass is 16.1. The van der Waals surface area contributed by atoms with E-state index in [0.29, 0.717) is 12.0 Å². The molecular formula is C16H16O2. The molecule has 1 aliphatic carbocycles. The van der Waals surface area contributed by atoms with Crippen LogP contribution in [0.25, 0.3) is 0 Å². The molecule has 0 unspecified atom stereocenters. The van der Waals surface area contributed by atoms with Gasteiger partial charge >= 0.3 is 0 Å². The summed E-state index contributed by atoms with van der Waals surface area (Å²) in [7, 11) is 0. The molecule has 2 rings (SSSR count). The average molecular weight is 240 g/mol. The van der Waals surface area contributed by atoms with Crippen molar-refractivity contribution in [3.8, 4) is 0 Å². The van der Waals surface area contributed by atoms with E-state index in [1.165, 1.54) is 34.9 Å². The van der Waals surface area contributed by atoms with Gasteiger partial charge in [-0.15, -0.1) is 0 Å². The SMILES string of the molecule is Cc1cc(C)c(C)c(CC2=CC(=O)C=CC2=O)c1. The highest BCUT2D eigenvalue weighted by Gasteiger charge is 2.15. The second kappa shape index (κ2) is 4.73. The van der Waals surface area contributed by atoms with Crippen LogP contribution in [-0.2, 0) is 16.0 Å². The van der Waals surface area contributed by atoms with Gasteiger partial charge < -0.3 is 0 Å². The Morgan fingerprint density at radius 3 is 2.44 bits per heavy atom. The predicted octanol–water partition coefficient (Wildman–Crippen LogP) is 2.79. The summed E-state index contributed by atoms with van der Waals surface area (Å²) in [6, 6.07) is 4.21. The Hall–Kier alpha value is -1.96. The monoisotopic (exact) mass is 240 g/mol. The first-order chi connectivity index (χ1) is 8.47. The molecule has 18 heavy (non-hydrogen) atoms. The number of carbonyl (C=O) groups excluding carboxylic acids is 2. The van der Waals surface area contributed by atoms with Crippen LogP contribution in [0.15, 0.2) is 35.9 Å². The van der Waals surface area contributed by atoms with E-state index in [1.54, 1.807) is 0 Å². The number of hydrogen-bond acceptors (Lipinski definition) is 2. The third-order valence-corrected chi connectivity index (χ3v) is 3.33. The van der Waals surface area contributed by atoms with E-state index in [9.17, 15) is 9.59 Å². The normalized spacial score (nSPS) is 14.9. The maximum absolute atomic E-state index is 11.7. The summed E-state index contributed by atoms with van der Waals surface area (Å²) in [6.45, 7) is 6.15. The molecule has 92 valence electrons. The maximum atomic E-state index is 11.7. The largest absolute Gasteiger partial charge is 0.290 e. The molecule has 0 radical (unpaired) electrons. The lowest BCUT2D eigenvalue weighted by molar-refractivity contribution is -0.114. The summed E-state index contributed by atoms with van der Waals surface area (Å²) in [5, 5.41) is 0. The number of ketones is 2. The number of rotatable bonds is 2. The molecule has 0 N–H and O–H groups in total. The summed E-state index contributed by atoms with van der Waals surface area (Å²) < 4.78 is 0. The van der Waals surface area contributed by atoms with Crippen LogP contribution in [0.5, 0.6) is 0 Å². The van der Waals surface area contributed by atoms with Crippen LogP contribution in [0.1, 0.15) is 22.3 Å². The highest BCUT2D eigenvalue weighted by Crippen LogP contribution is 2.20. The fourth-order valence-electron chi connectivity index (χ4n) is 2.21. The van der Waals surface area contributed by atoms with E-state index >= 15 is 0 Å². The van der Waals surface area contributed by atoms with Gasteiger partial charge in [0.05, 0.1) is 0 Å². The summed E-state index contributed by atoms with van der Waals surface area (Å²) in [6.07, 6.45) is 4.65. The molecule has 0 saturated heterocycles. The second-order valence-electron chi connectivity index (χ2n) is 4.81. The maximum Gasteiger partial charge on any atom is 0.182 e. The lowest BCUT2D eigenvalue weighted by Crippen LogP contribution is -2.10. The minimum Gasteiger partial charge on any atom is -0.290 e. The van der Waals surface area contributed by atoms with Gasteiger partial charge in [0.25, 0.3) is 0 Å². The zero-order valence-corrected chi connectivity index (χ0v) is 10.9. The van der Waals surface area contributed by atoms with E-state index in [0.717, 1.165) is 5.56 Å². The summed E-state index contributed by atoms with van der Waals surface area (Å²) >= 11 is 0. The Bertz CT molecular complexity index is 589. The summed E-state index contributed by atoms with van der Waals surface area (Å²) in [4.78, 5) is 23.0. The molecule has 1 aromatic rings. The van der Waals surface area contributed by atoms with Crippen molar-refractivity contribution < 1.29 is 9.59 Å². The number of allylic oxidation sites excluding steroid dienone is 4. The minimum absolute atomic E-state index is 0.0619. The van der Waals surface area contributed by atoms with E-state index in [-0.39, 0.29) is 11.6 Å². The molecule has 1 aliphatic rings. The molecule has 2 nitrogen and oxygen atoms in total. The van der Waals surface area contributed by atoms with Gasteiger partial charge in [-0.2, -0.15) is 0 Å². The van der Waals surface area contributed by atoms with Gasteiger partial charge in [-0.25, -0.2) is 0 Å². The predicted molar refractivity (Wildman–Crippen MR) is 71.6 cm³/mol. The van der Waals surface area contributed by atoms with Crippen LogP contribution >= 0.6 is 0 Å². The third kappa shape index (κ3) is 2.48. The van der Waals surface area contributed by atoms with E-state index in [2.05, 4.69) is 26.0 Å². The van der Waals surface area contributed by atoms with Crippen molar-refractivity contribution in [3.63, 3.8) is 0 Å². The number of carbonyl (C=O) groups is 2. The van der Waals surface area contributed by atoms with Gasteiger partial charge in [-0.1, -0.05) is 17.7 Å². The molecule has 2 heteroatoms. The van der Waals surface area contributed by atoms with Crippen molar-refractivity contribution >= 4 is 11.6 Å². The highest BCUT2D eigenvalue weighted by molar-refractivity contribution is 6.17. The first kappa shape index (κ1) is 12.5.